The van der Waals surface area contributed by atoms with Crippen LogP contribution in [0.5, 0.6) is 0 Å². The molecule has 0 fully saturated rings. The number of carbonyl (C=O) groups excluding carboxylic acids is 2. The highest BCUT2D eigenvalue weighted by molar-refractivity contribution is 6.03. The maximum absolute atomic E-state index is 12.9. The predicted molar refractivity (Wildman–Crippen MR) is 103 cm³/mol. The smallest absolute Gasteiger partial charge is 0.166 e. The minimum absolute atomic E-state index is 0.0634. The molecular weight excluding hydrogens is 308 g/mol. The summed E-state index contributed by atoms with van der Waals surface area (Å²) < 4.78 is 0. The van der Waals surface area contributed by atoms with Crippen LogP contribution in [-0.4, -0.2) is 11.6 Å². The number of carbonyl (C=O) groups is 2. The molecule has 0 bridgehead atoms. The van der Waals surface area contributed by atoms with Gasteiger partial charge in [0.15, 0.2) is 11.6 Å². The van der Waals surface area contributed by atoms with Gasteiger partial charge in [-0.15, -0.1) is 0 Å². The molecule has 0 saturated heterocycles. The zero-order valence-electron chi connectivity index (χ0n) is 15.3. The lowest BCUT2D eigenvalue weighted by atomic mass is 9.86. The van der Waals surface area contributed by atoms with Gasteiger partial charge < -0.3 is 0 Å². The minimum atomic E-state index is -0.229. The highest BCUT2D eigenvalue weighted by Gasteiger charge is 2.23. The van der Waals surface area contributed by atoms with Crippen LogP contribution in [-0.2, 0) is 0 Å². The molecule has 2 aromatic rings. The summed E-state index contributed by atoms with van der Waals surface area (Å²) in [6, 6.07) is 17.0. The number of hydrogen-bond donors (Lipinski definition) is 0. The Morgan fingerprint density at radius 1 is 0.880 bits per heavy atom. The third kappa shape index (κ3) is 5.97. The maximum atomic E-state index is 12.9. The highest BCUT2D eigenvalue weighted by atomic mass is 16.1. The van der Waals surface area contributed by atoms with Crippen LogP contribution in [0, 0.1) is 12.8 Å². The van der Waals surface area contributed by atoms with Crippen molar-refractivity contribution in [3.63, 3.8) is 0 Å². The average molecular weight is 336 g/mol. The van der Waals surface area contributed by atoms with Gasteiger partial charge in [0.1, 0.15) is 0 Å². The van der Waals surface area contributed by atoms with Gasteiger partial charge in [-0.05, 0) is 19.4 Å². The van der Waals surface area contributed by atoms with E-state index >= 15 is 0 Å². The van der Waals surface area contributed by atoms with Gasteiger partial charge >= 0.3 is 0 Å². The van der Waals surface area contributed by atoms with E-state index in [0.717, 1.165) is 24.8 Å². The van der Waals surface area contributed by atoms with Crippen molar-refractivity contribution in [2.75, 3.05) is 0 Å². The molecule has 0 aliphatic heterocycles. The lowest BCUT2D eigenvalue weighted by molar-refractivity contribution is 0.0843. The van der Waals surface area contributed by atoms with Crippen LogP contribution in [0.4, 0.5) is 0 Å². The van der Waals surface area contributed by atoms with Crippen molar-refractivity contribution in [2.24, 2.45) is 5.92 Å². The molecule has 1 atom stereocenters. The fourth-order valence-corrected chi connectivity index (χ4v) is 3.14. The van der Waals surface area contributed by atoms with Crippen LogP contribution in [0.1, 0.15) is 71.7 Å². The Bertz CT molecular complexity index is 688. The van der Waals surface area contributed by atoms with Crippen LogP contribution in [0.15, 0.2) is 54.6 Å². The number of unbranched alkanes of at least 4 members (excludes halogenated alkanes) is 3. The van der Waals surface area contributed by atoms with Gasteiger partial charge in [-0.3, -0.25) is 9.59 Å². The quantitative estimate of drug-likeness (QED) is 0.392. The maximum Gasteiger partial charge on any atom is 0.166 e. The number of ketones is 2. The largest absolute Gasteiger partial charge is 0.294 e. The molecule has 0 heterocycles. The molecule has 2 rings (SSSR count). The summed E-state index contributed by atoms with van der Waals surface area (Å²) in [5, 5.41) is 0. The van der Waals surface area contributed by atoms with Crippen molar-refractivity contribution >= 4 is 11.6 Å². The van der Waals surface area contributed by atoms with E-state index in [0.29, 0.717) is 17.5 Å². The van der Waals surface area contributed by atoms with E-state index in [1.807, 2.05) is 61.5 Å². The third-order valence-corrected chi connectivity index (χ3v) is 4.61. The number of rotatable bonds is 10. The van der Waals surface area contributed by atoms with Crippen molar-refractivity contribution in [2.45, 2.75) is 52.4 Å². The summed E-state index contributed by atoms with van der Waals surface area (Å²) >= 11 is 0. The molecule has 0 saturated carbocycles. The van der Waals surface area contributed by atoms with Crippen molar-refractivity contribution in [1.29, 1.82) is 0 Å². The summed E-state index contributed by atoms with van der Waals surface area (Å²) in [6.45, 7) is 4.15. The van der Waals surface area contributed by atoms with Crippen molar-refractivity contribution < 1.29 is 9.59 Å². The molecule has 1 unspecified atom stereocenters. The topological polar surface area (TPSA) is 34.1 Å². The fourth-order valence-electron chi connectivity index (χ4n) is 3.14. The standard InChI is InChI=1S/C23H28O2/c1-3-4-5-7-14-21(23(25)19-12-8-6-9-13-19)17-22(24)20-15-10-11-18(2)16-20/h6,8-13,15-16,21H,3-5,7,14,17H2,1-2H3. The average Bonchev–Trinajstić information content (AvgIpc) is 2.64. The highest BCUT2D eigenvalue weighted by Crippen LogP contribution is 2.22. The Balaban J connectivity index is 2.10. The molecule has 2 aromatic carbocycles. The monoisotopic (exact) mass is 336 g/mol. The molecule has 2 heteroatoms. The lowest BCUT2D eigenvalue weighted by Crippen LogP contribution is -2.19. The van der Waals surface area contributed by atoms with Crippen LogP contribution in [0.2, 0.25) is 0 Å². The predicted octanol–water partition coefficient (Wildman–Crippen LogP) is 6.04. The van der Waals surface area contributed by atoms with E-state index in [1.54, 1.807) is 0 Å². The normalized spacial score (nSPS) is 11.9. The first-order chi connectivity index (χ1) is 12.1. The van der Waals surface area contributed by atoms with E-state index in [4.69, 9.17) is 0 Å². The van der Waals surface area contributed by atoms with E-state index in [-0.39, 0.29) is 17.5 Å². The van der Waals surface area contributed by atoms with Gasteiger partial charge in [0.2, 0.25) is 0 Å². The first kappa shape index (κ1) is 19.1. The fraction of sp³-hybridized carbons (Fsp3) is 0.391. The molecule has 2 nitrogen and oxygen atoms in total. The summed E-state index contributed by atoms with van der Waals surface area (Å²) in [4.78, 5) is 25.6. The van der Waals surface area contributed by atoms with Gasteiger partial charge in [0.25, 0.3) is 0 Å². The molecule has 0 aromatic heterocycles. The van der Waals surface area contributed by atoms with E-state index in [1.165, 1.54) is 12.8 Å². The molecule has 0 N–H and O–H groups in total. The van der Waals surface area contributed by atoms with Crippen LogP contribution in [0.3, 0.4) is 0 Å². The van der Waals surface area contributed by atoms with Crippen LogP contribution in [0.25, 0.3) is 0 Å². The lowest BCUT2D eigenvalue weighted by Gasteiger charge is -2.15. The SMILES string of the molecule is CCCCCCC(CC(=O)c1cccc(C)c1)C(=O)c1ccccc1. The van der Waals surface area contributed by atoms with E-state index < -0.39 is 0 Å². The number of Topliss-reactive ketones (excluding diaryl/α,β-unsaturated/α-hetero) is 2. The van der Waals surface area contributed by atoms with Crippen molar-refractivity contribution in [3.8, 4) is 0 Å². The van der Waals surface area contributed by atoms with Crippen LogP contribution < -0.4 is 0 Å². The zero-order chi connectivity index (χ0) is 18.1. The molecule has 25 heavy (non-hydrogen) atoms. The van der Waals surface area contributed by atoms with Crippen molar-refractivity contribution in [1.82, 2.24) is 0 Å². The van der Waals surface area contributed by atoms with E-state index in [2.05, 4.69) is 6.92 Å². The molecule has 132 valence electrons. The third-order valence-electron chi connectivity index (χ3n) is 4.61. The second kappa shape index (κ2) is 9.93. The Labute approximate surface area is 151 Å². The molecular formula is C23H28O2. The van der Waals surface area contributed by atoms with Crippen LogP contribution >= 0.6 is 0 Å². The second-order valence-electron chi connectivity index (χ2n) is 6.77. The Kier molecular flexibility index (Phi) is 7.59. The summed E-state index contributed by atoms with van der Waals surface area (Å²) in [6.07, 6.45) is 5.54. The number of hydrogen-bond acceptors (Lipinski definition) is 2. The molecule has 0 radical (unpaired) electrons. The first-order valence-electron chi connectivity index (χ1n) is 9.31. The molecule has 0 amide bonds. The molecule has 0 aliphatic carbocycles. The van der Waals surface area contributed by atoms with Gasteiger partial charge in [-0.25, -0.2) is 0 Å². The Morgan fingerprint density at radius 3 is 2.28 bits per heavy atom. The summed E-state index contributed by atoms with van der Waals surface area (Å²) in [5.41, 5.74) is 2.49. The Hall–Kier alpha value is -2.22. The second-order valence-corrected chi connectivity index (χ2v) is 6.77. The first-order valence-corrected chi connectivity index (χ1v) is 9.31. The van der Waals surface area contributed by atoms with E-state index in [9.17, 15) is 9.59 Å². The molecule has 0 aliphatic rings. The van der Waals surface area contributed by atoms with Gasteiger partial charge in [0, 0.05) is 23.5 Å². The van der Waals surface area contributed by atoms with Gasteiger partial charge in [-0.1, -0.05) is 86.7 Å². The summed E-state index contributed by atoms with van der Waals surface area (Å²) in [7, 11) is 0. The van der Waals surface area contributed by atoms with Gasteiger partial charge in [0.05, 0.1) is 0 Å². The molecule has 0 spiro atoms. The minimum Gasteiger partial charge on any atom is -0.294 e. The Morgan fingerprint density at radius 2 is 1.60 bits per heavy atom. The number of benzene rings is 2. The number of aryl methyl sites for hydroxylation is 1. The van der Waals surface area contributed by atoms with Gasteiger partial charge in [-0.2, -0.15) is 0 Å². The zero-order valence-corrected chi connectivity index (χ0v) is 15.3. The van der Waals surface area contributed by atoms with Crippen molar-refractivity contribution in [3.05, 3.63) is 71.3 Å². The summed E-state index contributed by atoms with van der Waals surface area (Å²) in [5.74, 6) is -0.0705.